The fourth-order valence-corrected chi connectivity index (χ4v) is 0.981. The minimum Gasteiger partial charge on any atom is -0.507 e. The van der Waals surface area contributed by atoms with E-state index in [-0.39, 0.29) is 17.0 Å². The molecule has 0 aliphatic rings. The van der Waals surface area contributed by atoms with Crippen LogP contribution in [0.2, 0.25) is 0 Å². The lowest BCUT2D eigenvalue weighted by atomic mass is 10.1. The zero-order valence-corrected chi connectivity index (χ0v) is 7.40. The number of aliphatic hydroxyl groups excluding tert-OH is 1. The van der Waals surface area contributed by atoms with Gasteiger partial charge in [-0.05, 0) is 23.2 Å². The van der Waals surface area contributed by atoms with Crippen molar-refractivity contribution >= 4 is 11.7 Å². The Bertz CT molecular complexity index is 440. The molecule has 0 spiro atoms. The van der Waals surface area contributed by atoms with Gasteiger partial charge in [-0.1, -0.05) is 11.2 Å². The van der Waals surface area contributed by atoms with Gasteiger partial charge in [-0.15, -0.1) is 0 Å². The lowest BCUT2D eigenvalue weighted by Crippen LogP contribution is -2.09. The molecule has 1 aromatic rings. The molecule has 0 fully saturated rings. The number of carboxylic acids is 1. The summed E-state index contributed by atoms with van der Waals surface area (Å²) in [6, 6.07) is 3.48. The molecule has 0 aliphatic carbocycles. The second-order valence-corrected chi connectivity index (χ2v) is 2.68. The first-order valence-electron chi connectivity index (χ1n) is 3.85. The van der Waals surface area contributed by atoms with E-state index in [0.717, 1.165) is 12.1 Å². The van der Waals surface area contributed by atoms with Crippen LogP contribution in [0, 0.1) is 0 Å². The number of rotatable bonds is 3. The molecule has 1 unspecified atom stereocenters. The lowest BCUT2D eigenvalue weighted by molar-refractivity contribution is -0.146. The van der Waals surface area contributed by atoms with E-state index in [0.29, 0.717) is 0 Å². The van der Waals surface area contributed by atoms with Gasteiger partial charge < -0.3 is 15.3 Å². The van der Waals surface area contributed by atoms with Crippen LogP contribution in [0.25, 0.3) is 10.4 Å². The largest absolute Gasteiger partial charge is 0.507 e. The zero-order valence-electron chi connectivity index (χ0n) is 7.40. The summed E-state index contributed by atoms with van der Waals surface area (Å²) < 4.78 is 0. The Morgan fingerprint density at radius 1 is 1.53 bits per heavy atom. The van der Waals surface area contributed by atoms with Gasteiger partial charge in [-0.3, -0.25) is 0 Å². The van der Waals surface area contributed by atoms with Gasteiger partial charge in [0.25, 0.3) is 0 Å². The number of carboxylic acid groups (broad SMARTS) is 1. The second kappa shape index (κ2) is 4.32. The summed E-state index contributed by atoms with van der Waals surface area (Å²) in [5.41, 5.74) is 8.05. The average molecular weight is 209 g/mol. The van der Waals surface area contributed by atoms with Gasteiger partial charge in [-0.2, -0.15) is 0 Å². The molecule has 3 N–H and O–H groups in total. The maximum Gasteiger partial charge on any atom is 0.337 e. The summed E-state index contributed by atoms with van der Waals surface area (Å²) in [6.45, 7) is 0. The molecule has 0 bridgehead atoms. The molecule has 7 heteroatoms. The monoisotopic (exact) mass is 209 g/mol. The van der Waals surface area contributed by atoms with Gasteiger partial charge in [0, 0.05) is 4.91 Å². The number of aliphatic carboxylic acids is 1. The third-order valence-corrected chi connectivity index (χ3v) is 1.70. The molecule has 0 aliphatic heterocycles. The number of hydrogen-bond donors (Lipinski definition) is 3. The van der Waals surface area contributed by atoms with E-state index in [1.165, 1.54) is 6.07 Å². The van der Waals surface area contributed by atoms with Crippen molar-refractivity contribution < 1.29 is 20.1 Å². The Hall–Kier alpha value is -2.24. The van der Waals surface area contributed by atoms with E-state index in [9.17, 15) is 9.90 Å². The molecule has 1 rings (SSSR count). The molecule has 7 nitrogen and oxygen atoms in total. The Labute approximate surface area is 83.8 Å². The molecule has 78 valence electrons. The number of carbonyl (C=O) groups is 1. The Kier molecular flexibility index (Phi) is 3.12. The highest BCUT2D eigenvalue weighted by Gasteiger charge is 2.16. The van der Waals surface area contributed by atoms with Crippen molar-refractivity contribution in [2.45, 2.75) is 6.10 Å². The van der Waals surface area contributed by atoms with E-state index in [1.807, 2.05) is 0 Å². The van der Waals surface area contributed by atoms with Crippen molar-refractivity contribution in [2.24, 2.45) is 5.11 Å². The van der Waals surface area contributed by atoms with Gasteiger partial charge in [0.05, 0.1) is 5.69 Å². The first kappa shape index (κ1) is 10.8. The van der Waals surface area contributed by atoms with Crippen LogP contribution in [0.1, 0.15) is 11.7 Å². The molecule has 0 aromatic heterocycles. The van der Waals surface area contributed by atoms with Crippen LogP contribution in [-0.2, 0) is 4.79 Å². The summed E-state index contributed by atoms with van der Waals surface area (Å²) >= 11 is 0. The second-order valence-electron chi connectivity index (χ2n) is 2.68. The predicted octanol–water partition coefficient (Wildman–Crippen LogP) is 1.45. The molecule has 15 heavy (non-hydrogen) atoms. The summed E-state index contributed by atoms with van der Waals surface area (Å²) in [6.07, 6.45) is -1.71. The fraction of sp³-hybridized carbons (Fsp3) is 0.125. The summed E-state index contributed by atoms with van der Waals surface area (Å²) in [4.78, 5) is 12.9. The first-order valence-corrected chi connectivity index (χ1v) is 3.85. The molecule has 0 radical (unpaired) electrons. The van der Waals surface area contributed by atoms with Crippen molar-refractivity contribution in [1.82, 2.24) is 0 Å². The first-order chi connectivity index (χ1) is 7.06. The lowest BCUT2D eigenvalue weighted by Gasteiger charge is -2.06. The van der Waals surface area contributed by atoms with E-state index in [2.05, 4.69) is 10.0 Å². The number of benzene rings is 1. The minimum absolute atomic E-state index is 0.0303. The zero-order chi connectivity index (χ0) is 11.4. The minimum atomic E-state index is -1.71. The average Bonchev–Trinajstić information content (AvgIpc) is 2.20. The van der Waals surface area contributed by atoms with Gasteiger partial charge in [0.1, 0.15) is 5.75 Å². The van der Waals surface area contributed by atoms with Gasteiger partial charge in [0.2, 0.25) is 0 Å². The quantitative estimate of drug-likeness (QED) is 0.395. The standard InChI is InChI=1S/C8H7N3O4/c9-11-10-5-3-4(1-2-6(5)12)7(13)8(14)15/h1-3,7,12-13H,(H,14,15). The van der Waals surface area contributed by atoms with Gasteiger partial charge >= 0.3 is 5.97 Å². The van der Waals surface area contributed by atoms with Crippen LogP contribution in [0.15, 0.2) is 23.3 Å². The van der Waals surface area contributed by atoms with Crippen molar-refractivity contribution in [1.29, 1.82) is 0 Å². The van der Waals surface area contributed by atoms with Crippen molar-refractivity contribution in [3.05, 3.63) is 34.2 Å². The maximum absolute atomic E-state index is 10.4. The fourth-order valence-electron chi connectivity index (χ4n) is 0.981. The number of hydrogen-bond acceptors (Lipinski definition) is 4. The summed E-state index contributed by atoms with van der Waals surface area (Å²) in [5, 5.41) is 30.0. The number of aromatic hydroxyl groups is 1. The molecule has 0 saturated heterocycles. The summed E-state index contributed by atoms with van der Waals surface area (Å²) in [5.74, 6) is -1.71. The van der Waals surface area contributed by atoms with E-state index in [4.69, 9.17) is 15.7 Å². The number of phenols is 1. The van der Waals surface area contributed by atoms with Gasteiger partial charge in [0.15, 0.2) is 6.10 Å². The Balaban J connectivity index is 3.18. The van der Waals surface area contributed by atoms with Crippen LogP contribution in [0.3, 0.4) is 0 Å². The number of phenolic OH excluding ortho intramolecular Hbond substituents is 1. The van der Waals surface area contributed by atoms with E-state index < -0.39 is 12.1 Å². The molecule has 1 atom stereocenters. The molecule has 0 heterocycles. The van der Waals surface area contributed by atoms with Crippen LogP contribution >= 0.6 is 0 Å². The van der Waals surface area contributed by atoms with Crippen molar-refractivity contribution in [3.8, 4) is 5.75 Å². The highest BCUT2D eigenvalue weighted by atomic mass is 16.4. The topological polar surface area (TPSA) is 127 Å². The smallest absolute Gasteiger partial charge is 0.337 e. The van der Waals surface area contributed by atoms with Crippen LogP contribution < -0.4 is 0 Å². The van der Waals surface area contributed by atoms with E-state index in [1.54, 1.807) is 0 Å². The highest BCUT2D eigenvalue weighted by Crippen LogP contribution is 2.29. The molecule has 0 amide bonds. The third kappa shape index (κ3) is 2.37. The maximum atomic E-state index is 10.4. The van der Waals surface area contributed by atoms with Crippen molar-refractivity contribution in [2.75, 3.05) is 0 Å². The van der Waals surface area contributed by atoms with Crippen LogP contribution in [0.4, 0.5) is 5.69 Å². The Morgan fingerprint density at radius 2 is 2.20 bits per heavy atom. The highest BCUT2D eigenvalue weighted by molar-refractivity contribution is 5.74. The predicted molar refractivity (Wildman–Crippen MR) is 49.5 cm³/mol. The van der Waals surface area contributed by atoms with Crippen molar-refractivity contribution in [3.63, 3.8) is 0 Å². The van der Waals surface area contributed by atoms with E-state index >= 15 is 0 Å². The number of aliphatic hydroxyl groups is 1. The molecule has 0 saturated carbocycles. The molecular formula is C8H7N3O4. The third-order valence-electron chi connectivity index (χ3n) is 1.70. The van der Waals surface area contributed by atoms with Crippen LogP contribution in [-0.4, -0.2) is 21.3 Å². The normalized spacial score (nSPS) is 11.5. The molecule has 1 aromatic carbocycles. The number of azide groups is 1. The summed E-state index contributed by atoms with van der Waals surface area (Å²) in [7, 11) is 0. The Morgan fingerprint density at radius 3 is 2.73 bits per heavy atom. The number of nitrogens with zero attached hydrogens (tertiary/aromatic N) is 3. The molecular weight excluding hydrogens is 202 g/mol. The SMILES string of the molecule is [N-]=[N+]=Nc1cc(C(O)C(=O)O)ccc1O. The van der Waals surface area contributed by atoms with Crippen LogP contribution in [0.5, 0.6) is 5.75 Å². The van der Waals surface area contributed by atoms with Gasteiger partial charge in [-0.25, -0.2) is 4.79 Å².